The molecule has 0 amide bonds. The average molecular weight is 1370 g/mol. The first-order valence-electron chi connectivity index (χ1n) is 35.6. The Balaban J connectivity index is 0.0000000847. The van der Waals surface area contributed by atoms with Crippen LogP contribution in [0.2, 0.25) is 0 Å². The molecule has 0 unspecified atom stereocenters. The zero-order chi connectivity index (χ0) is 68.4. The zero-order valence-corrected chi connectivity index (χ0v) is 60.4. The van der Waals surface area contributed by atoms with Crippen LogP contribution in [0.3, 0.4) is 0 Å². The van der Waals surface area contributed by atoms with E-state index in [-0.39, 0.29) is 0 Å². The number of thiophene rings is 3. The number of fused-ring (bicyclic) bond motifs is 30. The van der Waals surface area contributed by atoms with E-state index < -0.39 is 0 Å². The second kappa shape index (κ2) is 25.0. The van der Waals surface area contributed by atoms with Gasteiger partial charge in [0, 0.05) is 117 Å². The second-order valence-corrected chi connectivity index (χ2v) is 31.6. The van der Waals surface area contributed by atoms with Crippen LogP contribution in [-0.2, 0) is 38.5 Å². The van der Waals surface area contributed by atoms with E-state index in [4.69, 9.17) is 13.3 Å². The van der Waals surface area contributed by atoms with Crippen molar-refractivity contribution in [2.24, 2.45) is 0 Å². The van der Waals surface area contributed by atoms with Crippen molar-refractivity contribution in [3.8, 4) is 65.3 Å². The summed E-state index contributed by atoms with van der Waals surface area (Å²) in [4.78, 5) is 4.46. The lowest BCUT2D eigenvalue weighted by Crippen LogP contribution is -1.80. The van der Waals surface area contributed by atoms with Gasteiger partial charge in [-0.25, -0.2) is 0 Å². The number of rotatable bonds is 0. The predicted molar refractivity (Wildman–Crippen MR) is 432 cm³/mol. The number of hydrogen-bond donors (Lipinski definition) is 0. The standard InChI is InChI=1S/3C16H12O.3C16H12S/c6*1-10-6-7-13-14-9-11-4-2-3-5-12(11)16(14)17-15(13)8-10/h6*2-8H,9H2,1H3. The molecule has 12 aromatic carbocycles. The molecule has 0 aliphatic heterocycles. The molecular formula is C96H72O3S3. The van der Waals surface area contributed by atoms with Crippen molar-refractivity contribution in [1.82, 2.24) is 0 Å². The summed E-state index contributed by atoms with van der Waals surface area (Å²) in [5.41, 5.74) is 36.2. The van der Waals surface area contributed by atoms with E-state index in [1.807, 2.05) is 34.0 Å². The molecule has 0 spiro atoms. The van der Waals surface area contributed by atoms with Crippen molar-refractivity contribution in [1.29, 1.82) is 0 Å². The van der Waals surface area contributed by atoms with Gasteiger partial charge in [-0.1, -0.05) is 218 Å². The summed E-state index contributed by atoms with van der Waals surface area (Å²) in [6.45, 7) is 12.8. The zero-order valence-electron chi connectivity index (χ0n) is 57.9. The van der Waals surface area contributed by atoms with Gasteiger partial charge in [-0.15, -0.1) is 34.0 Å². The van der Waals surface area contributed by atoms with Crippen molar-refractivity contribution in [3.63, 3.8) is 0 Å². The van der Waals surface area contributed by atoms with Crippen molar-refractivity contribution in [2.75, 3.05) is 0 Å². The molecule has 6 aliphatic carbocycles. The van der Waals surface area contributed by atoms with Crippen LogP contribution >= 0.6 is 34.0 Å². The van der Waals surface area contributed by atoms with Crippen LogP contribution in [0.4, 0.5) is 0 Å². The van der Waals surface area contributed by atoms with Gasteiger partial charge in [0.25, 0.3) is 0 Å². The third-order valence-electron chi connectivity index (χ3n) is 21.5. The molecular weight excluding hydrogens is 1300 g/mol. The van der Waals surface area contributed by atoms with E-state index in [0.717, 1.165) is 72.6 Å². The molecule has 102 heavy (non-hydrogen) atoms. The SMILES string of the molecule is Cc1ccc2c3c(oc2c1)-c1ccccc1C3.Cc1ccc2c3c(oc2c1)-c1ccccc1C3.Cc1ccc2c3c(oc2c1)-c1ccccc1C3.Cc1ccc2c3c(sc2c1)-c1ccccc1C3.Cc1ccc2c3c(sc2c1)-c1ccccc1C3.Cc1ccc2c3c(sc2c1)-c1ccccc1C3. The van der Waals surface area contributed by atoms with Crippen LogP contribution in [0.1, 0.15) is 100 Å². The Bertz CT molecular complexity index is 5420. The van der Waals surface area contributed by atoms with Gasteiger partial charge >= 0.3 is 0 Å². The molecule has 0 saturated heterocycles. The highest BCUT2D eigenvalue weighted by Crippen LogP contribution is 2.51. The smallest absolute Gasteiger partial charge is 0.139 e. The second-order valence-electron chi connectivity index (χ2n) is 28.5. The Morgan fingerprint density at radius 1 is 0.216 bits per heavy atom. The fraction of sp³-hybridized carbons (Fsp3) is 0.125. The molecule has 492 valence electrons. The Hall–Kier alpha value is -10.9. The van der Waals surface area contributed by atoms with E-state index in [9.17, 15) is 0 Å². The van der Waals surface area contributed by atoms with E-state index in [1.165, 1.54) is 195 Å². The highest BCUT2D eigenvalue weighted by molar-refractivity contribution is 7.23. The summed E-state index contributed by atoms with van der Waals surface area (Å²) in [7, 11) is 0. The van der Waals surface area contributed by atoms with Gasteiger partial charge in [0.2, 0.25) is 0 Å². The first-order chi connectivity index (χ1) is 50.0. The minimum absolute atomic E-state index is 1.00. The third kappa shape index (κ3) is 10.8. The molecule has 0 N–H and O–H groups in total. The van der Waals surface area contributed by atoms with Crippen molar-refractivity contribution < 1.29 is 13.3 Å². The molecule has 6 aliphatic rings. The molecule has 24 rings (SSSR count). The van der Waals surface area contributed by atoms with Crippen molar-refractivity contribution in [2.45, 2.75) is 80.1 Å². The lowest BCUT2D eigenvalue weighted by molar-refractivity contribution is 0.630. The quantitative estimate of drug-likeness (QED) is 0.152. The fourth-order valence-electron chi connectivity index (χ4n) is 16.4. The molecule has 6 heteroatoms. The maximum atomic E-state index is 6.02. The topological polar surface area (TPSA) is 39.4 Å². The predicted octanol–water partition coefficient (Wildman–Crippen LogP) is 27.3. The third-order valence-corrected chi connectivity index (χ3v) is 25.1. The van der Waals surface area contributed by atoms with Gasteiger partial charge in [0.15, 0.2) is 0 Å². The van der Waals surface area contributed by atoms with Crippen LogP contribution < -0.4 is 0 Å². The maximum Gasteiger partial charge on any atom is 0.139 e. The highest BCUT2D eigenvalue weighted by atomic mass is 32.1. The van der Waals surface area contributed by atoms with Gasteiger partial charge in [0.05, 0.1) is 0 Å². The molecule has 0 bridgehead atoms. The lowest BCUT2D eigenvalue weighted by Gasteiger charge is -1.98. The summed E-state index contributed by atoms with van der Waals surface area (Å²) >= 11 is 5.83. The monoisotopic (exact) mass is 1370 g/mol. The molecule has 6 heterocycles. The maximum absolute atomic E-state index is 6.02. The minimum Gasteiger partial charge on any atom is -0.456 e. The Kier molecular flexibility index (Phi) is 15.3. The van der Waals surface area contributed by atoms with Gasteiger partial charge in [-0.05, 0) is 194 Å². The first-order valence-corrected chi connectivity index (χ1v) is 38.0. The van der Waals surface area contributed by atoms with Gasteiger partial charge in [-0.3, -0.25) is 0 Å². The molecule has 3 nitrogen and oxygen atoms in total. The van der Waals surface area contributed by atoms with Crippen LogP contribution in [0, 0.1) is 41.5 Å². The molecule has 6 aromatic heterocycles. The van der Waals surface area contributed by atoms with Crippen LogP contribution in [0.15, 0.2) is 268 Å². The summed E-state index contributed by atoms with van der Waals surface area (Å²) in [6.07, 6.45) is 6.32. The summed E-state index contributed by atoms with van der Waals surface area (Å²) in [5, 5.41) is 8.15. The molecule has 0 fully saturated rings. The summed E-state index contributed by atoms with van der Waals surface area (Å²) in [5.74, 6) is 3.21. The number of hydrogen-bond acceptors (Lipinski definition) is 6. The average Bonchev–Trinajstić information content (AvgIpc) is 1.64. The Morgan fingerprint density at radius 3 is 0.706 bits per heavy atom. The van der Waals surface area contributed by atoms with E-state index in [0.29, 0.717) is 0 Å². The van der Waals surface area contributed by atoms with E-state index in [1.54, 1.807) is 0 Å². The first kappa shape index (κ1) is 62.2. The Labute approximate surface area is 606 Å². The largest absolute Gasteiger partial charge is 0.456 e. The lowest BCUT2D eigenvalue weighted by atomic mass is 10.1. The number of furan rings is 3. The number of aryl methyl sites for hydroxylation is 6. The number of benzene rings is 12. The fourth-order valence-corrected chi connectivity index (χ4v) is 20.6. The van der Waals surface area contributed by atoms with Crippen LogP contribution in [-0.4, -0.2) is 0 Å². The van der Waals surface area contributed by atoms with Crippen LogP contribution in [0.25, 0.3) is 128 Å². The van der Waals surface area contributed by atoms with Gasteiger partial charge in [-0.2, -0.15) is 0 Å². The summed E-state index contributed by atoms with van der Waals surface area (Å²) < 4.78 is 22.4. The minimum atomic E-state index is 1.00. The molecule has 18 aromatic rings. The Morgan fingerprint density at radius 2 is 0.431 bits per heavy atom. The van der Waals surface area contributed by atoms with Crippen LogP contribution in [0.5, 0.6) is 0 Å². The molecule has 0 saturated carbocycles. The molecule has 0 radical (unpaired) electrons. The highest BCUT2D eigenvalue weighted by Gasteiger charge is 2.30. The summed E-state index contributed by atoms with van der Waals surface area (Å²) in [6, 6.07) is 91.7. The normalized spacial score (nSPS) is 12.8. The van der Waals surface area contributed by atoms with Gasteiger partial charge in [0.1, 0.15) is 34.0 Å². The van der Waals surface area contributed by atoms with Crippen molar-refractivity contribution in [3.05, 3.63) is 355 Å². The van der Waals surface area contributed by atoms with Crippen molar-refractivity contribution >= 4 is 97.2 Å². The molecule has 0 atom stereocenters. The van der Waals surface area contributed by atoms with Gasteiger partial charge < -0.3 is 13.3 Å². The van der Waals surface area contributed by atoms with E-state index in [2.05, 4.69) is 296 Å². The van der Waals surface area contributed by atoms with E-state index >= 15 is 0 Å².